The Morgan fingerprint density at radius 3 is 2.74 bits per heavy atom. The van der Waals surface area contributed by atoms with Crippen molar-refractivity contribution in [2.24, 2.45) is 0 Å². The number of amides is 1. The summed E-state index contributed by atoms with van der Waals surface area (Å²) in [5, 5.41) is 3.37. The number of piperidine rings is 2. The van der Waals surface area contributed by atoms with Crippen LogP contribution in [0.4, 0.5) is 5.69 Å². The van der Waals surface area contributed by atoms with Crippen LogP contribution in [0.1, 0.15) is 32.1 Å². The van der Waals surface area contributed by atoms with Gasteiger partial charge in [-0.1, -0.05) is 12.5 Å². The van der Waals surface area contributed by atoms with Crippen molar-refractivity contribution in [1.82, 2.24) is 19.8 Å². The van der Waals surface area contributed by atoms with Gasteiger partial charge in [-0.3, -0.25) is 19.5 Å². The molecular weight excluding hydrogens is 390 g/mol. The molecule has 0 aromatic carbocycles. The summed E-state index contributed by atoms with van der Waals surface area (Å²) in [4.78, 5) is 36.2. The number of H-pyrrole nitrogens is 1. The molecule has 0 radical (unpaired) electrons. The van der Waals surface area contributed by atoms with Gasteiger partial charge in [0.25, 0.3) is 5.56 Å². The van der Waals surface area contributed by atoms with Gasteiger partial charge in [-0.05, 0) is 62.5 Å². The second-order valence-electron chi connectivity index (χ2n) is 8.40. The quantitative estimate of drug-likeness (QED) is 0.701. The van der Waals surface area contributed by atoms with Gasteiger partial charge in [-0.25, -0.2) is 0 Å². The highest BCUT2D eigenvalue weighted by molar-refractivity contribution is 5.87. The molecule has 2 aromatic heterocycles. The van der Waals surface area contributed by atoms with Crippen LogP contribution in [0.5, 0.6) is 0 Å². The average molecular weight is 422 g/mol. The van der Waals surface area contributed by atoms with Crippen molar-refractivity contribution in [2.75, 3.05) is 38.0 Å². The molecule has 0 aliphatic carbocycles. The Hall–Kier alpha value is -2.93. The van der Waals surface area contributed by atoms with E-state index in [9.17, 15) is 9.59 Å². The second-order valence-corrected chi connectivity index (χ2v) is 8.40. The molecule has 2 fully saturated rings. The lowest BCUT2D eigenvalue weighted by molar-refractivity contribution is -0.127. The molecule has 2 N–H and O–H groups in total. The number of rotatable bonds is 6. The molecular formula is C24H31N5O2. The third kappa shape index (κ3) is 5.82. The van der Waals surface area contributed by atoms with Crippen molar-refractivity contribution in [3.63, 3.8) is 0 Å². The second kappa shape index (κ2) is 10.4. The van der Waals surface area contributed by atoms with E-state index in [1.54, 1.807) is 24.7 Å². The molecule has 1 atom stereocenters. The zero-order chi connectivity index (χ0) is 21.5. The average Bonchev–Trinajstić information content (AvgIpc) is 2.82. The van der Waals surface area contributed by atoms with E-state index in [0.717, 1.165) is 50.1 Å². The molecule has 1 amide bonds. The smallest absolute Gasteiger partial charge is 0.271 e. The van der Waals surface area contributed by atoms with Crippen molar-refractivity contribution < 1.29 is 4.79 Å². The lowest BCUT2D eigenvalue weighted by atomic mass is 10.0. The van der Waals surface area contributed by atoms with Crippen molar-refractivity contribution >= 4 is 11.6 Å². The fraction of sp³-hybridized carbons (Fsp3) is 0.458. The molecule has 7 nitrogen and oxygen atoms in total. The van der Waals surface area contributed by atoms with Crippen LogP contribution in [-0.4, -0.2) is 64.4 Å². The number of hydrogen-bond donors (Lipinski definition) is 2. The van der Waals surface area contributed by atoms with Gasteiger partial charge in [0.05, 0.1) is 0 Å². The van der Waals surface area contributed by atoms with Gasteiger partial charge in [0, 0.05) is 55.9 Å². The summed E-state index contributed by atoms with van der Waals surface area (Å²) in [5.41, 5.74) is 2.31. The van der Waals surface area contributed by atoms with Gasteiger partial charge in [0.1, 0.15) is 5.69 Å². The molecule has 2 aliphatic rings. The van der Waals surface area contributed by atoms with Gasteiger partial charge >= 0.3 is 0 Å². The number of carbonyl (C=O) groups is 1. The van der Waals surface area contributed by atoms with E-state index in [2.05, 4.69) is 20.2 Å². The number of likely N-dealkylation sites (tertiary alicyclic amines) is 2. The van der Waals surface area contributed by atoms with Crippen LogP contribution in [0.2, 0.25) is 0 Å². The highest BCUT2D eigenvalue weighted by atomic mass is 16.2. The van der Waals surface area contributed by atoms with E-state index in [4.69, 9.17) is 0 Å². The van der Waals surface area contributed by atoms with E-state index in [1.807, 2.05) is 29.2 Å². The van der Waals surface area contributed by atoms with Crippen LogP contribution in [0.15, 0.2) is 53.7 Å². The Morgan fingerprint density at radius 1 is 1.13 bits per heavy atom. The fourth-order valence-electron chi connectivity index (χ4n) is 4.37. The summed E-state index contributed by atoms with van der Waals surface area (Å²) in [6, 6.07) is 5.75. The molecule has 4 rings (SSSR count). The maximum absolute atomic E-state index is 12.7. The van der Waals surface area contributed by atoms with E-state index < -0.39 is 0 Å². The minimum Gasteiger partial charge on any atom is -0.376 e. The number of aromatic amines is 1. The molecule has 7 heteroatoms. The van der Waals surface area contributed by atoms with Crippen LogP contribution in [-0.2, 0) is 4.79 Å². The van der Waals surface area contributed by atoms with Crippen LogP contribution in [0.3, 0.4) is 0 Å². The number of aromatic nitrogens is 2. The molecule has 4 heterocycles. The molecule has 0 unspecified atom stereocenters. The summed E-state index contributed by atoms with van der Waals surface area (Å²) < 4.78 is 0. The molecule has 164 valence electrons. The number of nitrogens with one attached hydrogen (secondary N) is 2. The standard InChI is InChI=1S/C24H31N5O2/c30-23(7-5-14-28-12-2-1-3-13-28)29-15-4-6-21(18-29)27-22-16-20(17-26-24(22)31)19-8-10-25-11-9-19/h5,7-11,16-17,21,27H,1-4,6,12-15,18H2,(H,26,31)/t21-/m1/s1. The molecule has 2 saturated heterocycles. The predicted molar refractivity (Wildman–Crippen MR) is 123 cm³/mol. The number of hydrogen-bond acceptors (Lipinski definition) is 5. The summed E-state index contributed by atoms with van der Waals surface area (Å²) in [5.74, 6) is 0.0583. The summed E-state index contributed by atoms with van der Waals surface area (Å²) in [7, 11) is 0. The number of nitrogens with zero attached hydrogens (tertiary/aromatic N) is 3. The molecule has 0 bridgehead atoms. The van der Waals surface area contributed by atoms with Crippen LogP contribution in [0.25, 0.3) is 11.1 Å². The van der Waals surface area contributed by atoms with E-state index in [0.29, 0.717) is 12.2 Å². The van der Waals surface area contributed by atoms with Crippen molar-refractivity contribution in [2.45, 2.75) is 38.1 Å². The van der Waals surface area contributed by atoms with E-state index in [-0.39, 0.29) is 17.5 Å². The molecule has 31 heavy (non-hydrogen) atoms. The van der Waals surface area contributed by atoms with Crippen LogP contribution >= 0.6 is 0 Å². The zero-order valence-electron chi connectivity index (χ0n) is 17.9. The molecule has 2 aliphatic heterocycles. The van der Waals surface area contributed by atoms with Crippen molar-refractivity contribution in [3.05, 3.63) is 59.3 Å². The van der Waals surface area contributed by atoms with Gasteiger partial charge in [-0.15, -0.1) is 0 Å². The maximum atomic E-state index is 12.7. The van der Waals surface area contributed by atoms with Gasteiger partial charge in [0.15, 0.2) is 0 Å². The van der Waals surface area contributed by atoms with Crippen molar-refractivity contribution in [3.8, 4) is 11.1 Å². The number of anilines is 1. The normalized spacial score (nSPS) is 20.1. The highest BCUT2D eigenvalue weighted by Crippen LogP contribution is 2.20. The zero-order valence-corrected chi connectivity index (χ0v) is 17.9. The topological polar surface area (TPSA) is 81.3 Å². The van der Waals surface area contributed by atoms with Gasteiger partial charge in [0.2, 0.25) is 5.91 Å². The minimum atomic E-state index is -0.150. The Balaban J connectivity index is 1.35. The largest absolute Gasteiger partial charge is 0.376 e. The van der Waals surface area contributed by atoms with E-state index >= 15 is 0 Å². The summed E-state index contributed by atoms with van der Waals surface area (Å²) in [6.45, 7) is 4.46. The fourth-order valence-corrected chi connectivity index (χ4v) is 4.37. The summed E-state index contributed by atoms with van der Waals surface area (Å²) in [6.07, 6.45) is 14.6. The van der Waals surface area contributed by atoms with Gasteiger partial charge < -0.3 is 15.2 Å². The highest BCUT2D eigenvalue weighted by Gasteiger charge is 2.23. The van der Waals surface area contributed by atoms with E-state index in [1.165, 1.54) is 19.3 Å². The first-order valence-corrected chi connectivity index (χ1v) is 11.3. The Labute approximate surface area is 183 Å². The first-order valence-electron chi connectivity index (χ1n) is 11.3. The predicted octanol–water partition coefficient (Wildman–Crippen LogP) is 2.88. The first-order chi connectivity index (χ1) is 15.2. The minimum absolute atomic E-state index is 0.0574. The first kappa shape index (κ1) is 21.3. The lowest BCUT2D eigenvalue weighted by Crippen LogP contribution is -2.45. The Morgan fingerprint density at radius 2 is 1.94 bits per heavy atom. The van der Waals surface area contributed by atoms with Crippen LogP contribution in [0, 0.1) is 0 Å². The SMILES string of the molecule is O=C(C=CCN1CCCCC1)N1CCC[C@@H](Nc2cc(-c3ccncc3)c[nH]c2=O)C1. The molecule has 2 aromatic rings. The summed E-state index contributed by atoms with van der Waals surface area (Å²) >= 11 is 0. The lowest BCUT2D eigenvalue weighted by Gasteiger charge is -2.33. The third-order valence-corrected chi connectivity index (χ3v) is 6.08. The monoisotopic (exact) mass is 421 g/mol. The van der Waals surface area contributed by atoms with Gasteiger partial charge in [-0.2, -0.15) is 0 Å². The van der Waals surface area contributed by atoms with Crippen molar-refractivity contribution in [1.29, 1.82) is 0 Å². The Kier molecular flexibility index (Phi) is 7.14. The third-order valence-electron chi connectivity index (χ3n) is 6.08. The maximum Gasteiger partial charge on any atom is 0.271 e. The van der Waals surface area contributed by atoms with Crippen LogP contribution < -0.4 is 10.9 Å². The number of carbonyl (C=O) groups excluding carboxylic acids is 1. The Bertz CT molecular complexity index is 950. The molecule has 0 saturated carbocycles. The number of pyridine rings is 2. The molecule has 0 spiro atoms.